The van der Waals surface area contributed by atoms with Gasteiger partial charge in [-0.25, -0.2) is 8.78 Å². The smallest absolute Gasteiger partial charge is 0.272 e. The molecule has 4 nitrogen and oxygen atoms in total. The van der Waals surface area contributed by atoms with E-state index in [0.717, 1.165) is 18.2 Å². The molecule has 0 spiro atoms. The molecule has 0 saturated carbocycles. The van der Waals surface area contributed by atoms with Crippen molar-refractivity contribution in [1.29, 1.82) is 0 Å². The Bertz CT molecular complexity index is 660. The van der Waals surface area contributed by atoms with Crippen LogP contribution in [0.1, 0.15) is 11.1 Å². The summed E-state index contributed by atoms with van der Waals surface area (Å²) in [7, 11) is 0. The van der Waals surface area contributed by atoms with Crippen molar-refractivity contribution in [3.8, 4) is 0 Å². The number of rotatable bonds is 4. The fourth-order valence-electron chi connectivity index (χ4n) is 1.85. The van der Waals surface area contributed by atoms with Crippen molar-refractivity contribution in [3.05, 3.63) is 69.3 Å². The topological polar surface area (TPSA) is 55.2 Å². The van der Waals surface area contributed by atoms with Gasteiger partial charge in [-0.15, -0.1) is 0 Å². The fourth-order valence-corrected chi connectivity index (χ4v) is 1.85. The standard InChI is InChI=1S/C14H12F2N2O2/c1-9-6-12(3-5-14(9)18(19)20)17-8-10-7-11(15)2-4-13(10)16/h2-7,17H,8H2,1H3. The summed E-state index contributed by atoms with van der Waals surface area (Å²) in [6.07, 6.45) is 0. The molecule has 0 amide bonds. The van der Waals surface area contributed by atoms with Crippen LogP contribution in [0, 0.1) is 28.7 Å². The van der Waals surface area contributed by atoms with Crippen LogP contribution >= 0.6 is 0 Å². The first-order chi connectivity index (χ1) is 9.47. The SMILES string of the molecule is Cc1cc(NCc2cc(F)ccc2F)ccc1[N+](=O)[O-]. The molecule has 0 fully saturated rings. The molecule has 0 unspecified atom stereocenters. The van der Waals surface area contributed by atoms with Gasteiger partial charge >= 0.3 is 0 Å². The zero-order valence-corrected chi connectivity index (χ0v) is 10.7. The molecule has 2 rings (SSSR count). The Morgan fingerprint density at radius 2 is 1.95 bits per heavy atom. The third kappa shape index (κ3) is 3.09. The van der Waals surface area contributed by atoms with Crippen LogP contribution in [0.3, 0.4) is 0 Å². The Kier molecular flexibility index (Phi) is 3.93. The second kappa shape index (κ2) is 5.64. The third-order valence-corrected chi connectivity index (χ3v) is 2.88. The van der Waals surface area contributed by atoms with Gasteiger partial charge in [-0.3, -0.25) is 10.1 Å². The van der Waals surface area contributed by atoms with Crippen molar-refractivity contribution < 1.29 is 13.7 Å². The number of hydrogen-bond acceptors (Lipinski definition) is 3. The van der Waals surface area contributed by atoms with Crippen LogP contribution in [-0.4, -0.2) is 4.92 Å². The molecule has 0 saturated heterocycles. The largest absolute Gasteiger partial charge is 0.381 e. The lowest BCUT2D eigenvalue weighted by Gasteiger charge is -2.08. The molecule has 0 radical (unpaired) electrons. The number of aryl methyl sites for hydroxylation is 1. The summed E-state index contributed by atoms with van der Waals surface area (Å²) in [6, 6.07) is 7.72. The zero-order valence-electron chi connectivity index (χ0n) is 10.7. The predicted molar refractivity (Wildman–Crippen MR) is 71.5 cm³/mol. The van der Waals surface area contributed by atoms with Gasteiger partial charge in [0.25, 0.3) is 5.69 Å². The van der Waals surface area contributed by atoms with Gasteiger partial charge in [0.15, 0.2) is 0 Å². The van der Waals surface area contributed by atoms with E-state index in [9.17, 15) is 18.9 Å². The number of anilines is 1. The maximum absolute atomic E-state index is 13.4. The Morgan fingerprint density at radius 1 is 1.20 bits per heavy atom. The van der Waals surface area contributed by atoms with Gasteiger partial charge in [0.05, 0.1) is 4.92 Å². The molecule has 1 N–H and O–H groups in total. The number of benzene rings is 2. The molecule has 2 aromatic carbocycles. The fraction of sp³-hybridized carbons (Fsp3) is 0.143. The van der Waals surface area contributed by atoms with Gasteiger partial charge in [0.2, 0.25) is 0 Å². The molecule has 0 atom stereocenters. The first-order valence-corrected chi connectivity index (χ1v) is 5.90. The van der Waals surface area contributed by atoms with Gasteiger partial charge in [-0.2, -0.15) is 0 Å². The highest BCUT2D eigenvalue weighted by Gasteiger charge is 2.10. The highest BCUT2D eigenvalue weighted by atomic mass is 19.1. The van der Waals surface area contributed by atoms with E-state index in [1.54, 1.807) is 13.0 Å². The highest BCUT2D eigenvalue weighted by molar-refractivity contribution is 5.53. The van der Waals surface area contributed by atoms with Crippen LogP contribution in [0.15, 0.2) is 36.4 Å². The number of nitrogens with zero attached hydrogens (tertiary/aromatic N) is 1. The molecule has 0 aliphatic carbocycles. The summed E-state index contributed by atoms with van der Waals surface area (Å²) in [5.74, 6) is -1.01. The van der Waals surface area contributed by atoms with Crippen LogP contribution in [0.4, 0.5) is 20.2 Å². The lowest BCUT2D eigenvalue weighted by Crippen LogP contribution is -2.03. The minimum absolute atomic E-state index is 0.0208. The van der Waals surface area contributed by atoms with Crippen molar-refractivity contribution in [3.63, 3.8) is 0 Å². The average molecular weight is 278 g/mol. The summed E-state index contributed by atoms with van der Waals surface area (Å²) < 4.78 is 26.4. The summed E-state index contributed by atoms with van der Waals surface area (Å²) >= 11 is 0. The minimum atomic E-state index is -0.511. The van der Waals surface area contributed by atoms with Crippen molar-refractivity contribution in [2.45, 2.75) is 13.5 Å². The van der Waals surface area contributed by atoms with E-state index in [0.29, 0.717) is 11.3 Å². The van der Waals surface area contributed by atoms with Gasteiger partial charge in [-0.1, -0.05) is 0 Å². The van der Waals surface area contributed by atoms with Crippen molar-refractivity contribution in [1.82, 2.24) is 0 Å². The normalized spacial score (nSPS) is 10.3. The monoisotopic (exact) mass is 278 g/mol. The van der Waals surface area contributed by atoms with E-state index in [2.05, 4.69) is 5.32 Å². The van der Waals surface area contributed by atoms with Crippen LogP contribution < -0.4 is 5.32 Å². The van der Waals surface area contributed by atoms with E-state index in [-0.39, 0.29) is 17.8 Å². The number of nitro benzene ring substituents is 1. The van der Waals surface area contributed by atoms with E-state index in [1.807, 2.05) is 0 Å². The molecule has 104 valence electrons. The number of halogens is 2. The first-order valence-electron chi connectivity index (χ1n) is 5.90. The van der Waals surface area contributed by atoms with Gasteiger partial charge in [0.1, 0.15) is 11.6 Å². The maximum Gasteiger partial charge on any atom is 0.272 e. The lowest BCUT2D eigenvalue weighted by atomic mass is 10.1. The Labute approximate surface area is 114 Å². The molecule has 20 heavy (non-hydrogen) atoms. The van der Waals surface area contributed by atoms with Crippen LogP contribution in [0.2, 0.25) is 0 Å². The van der Waals surface area contributed by atoms with Crippen LogP contribution in [0.25, 0.3) is 0 Å². The average Bonchev–Trinajstić information content (AvgIpc) is 2.39. The molecule has 6 heteroatoms. The van der Waals surface area contributed by atoms with Crippen molar-refractivity contribution in [2.24, 2.45) is 0 Å². The zero-order chi connectivity index (χ0) is 14.7. The molecule has 0 aliphatic rings. The van der Waals surface area contributed by atoms with Gasteiger partial charge < -0.3 is 5.32 Å². The predicted octanol–water partition coefficient (Wildman–Crippen LogP) is 3.79. The molecule has 0 aliphatic heterocycles. The van der Waals surface area contributed by atoms with E-state index < -0.39 is 16.6 Å². The molecule has 0 aromatic heterocycles. The van der Waals surface area contributed by atoms with Gasteiger partial charge in [-0.05, 0) is 37.3 Å². The first kappa shape index (κ1) is 13.9. The Morgan fingerprint density at radius 3 is 2.60 bits per heavy atom. The summed E-state index contributed by atoms with van der Waals surface area (Å²) in [4.78, 5) is 10.2. The van der Waals surface area contributed by atoms with Crippen molar-refractivity contribution >= 4 is 11.4 Å². The van der Waals surface area contributed by atoms with Crippen molar-refractivity contribution in [2.75, 3.05) is 5.32 Å². The molecular weight excluding hydrogens is 266 g/mol. The lowest BCUT2D eigenvalue weighted by molar-refractivity contribution is -0.385. The maximum atomic E-state index is 13.4. The molecular formula is C14H12F2N2O2. The Hall–Kier alpha value is -2.50. The summed E-state index contributed by atoms with van der Waals surface area (Å²) in [5, 5.41) is 13.6. The Balaban J connectivity index is 2.13. The number of nitrogens with one attached hydrogen (secondary N) is 1. The minimum Gasteiger partial charge on any atom is -0.381 e. The third-order valence-electron chi connectivity index (χ3n) is 2.88. The van der Waals surface area contributed by atoms with Gasteiger partial charge in [0, 0.05) is 29.4 Å². The number of nitro groups is 1. The quantitative estimate of drug-likeness (QED) is 0.683. The molecule has 2 aromatic rings. The summed E-state index contributed by atoms with van der Waals surface area (Å²) in [6.45, 7) is 1.72. The van der Waals surface area contributed by atoms with Crippen LogP contribution in [-0.2, 0) is 6.54 Å². The number of hydrogen-bond donors (Lipinski definition) is 1. The molecule has 0 bridgehead atoms. The van der Waals surface area contributed by atoms with E-state index in [1.165, 1.54) is 12.1 Å². The second-order valence-electron chi connectivity index (χ2n) is 4.35. The van der Waals surface area contributed by atoms with Crippen LogP contribution in [0.5, 0.6) is 0 Å². The second-order valence-corrected chi connectivity index (χ2v) is 4.35. The summed E-state index contributed by atoms with van der Waals surface area (Å²) in [5.41, 5.74) is 1.32. The van der Waals surface area contributed by atoms with E-state index in [4.69, 9.17) is 0 Å². The highest BCUT2D eigenvalue weighted by Crippen LogP contribution is 2.22. The molecule has 0 heterocycles. The van der Waals surface area contributed by atoms with E-state index >= 15 is 0 Å².